The fourth-order valence-electron chi connectivity index (χ4n) is 2.85. The molecule has 2 aromatic carbocycles. The van der Waals surface area contributed by atoms with E-state index in [1.165, 1.54) is 6.26 Å². The van der Waals surface area contributed by atoms with E-state index in [9.17, 15) is 9.59 Å². The van der Waals surface area contributed by atoms with E-state index in [0.29, 0.717) is 40.2 Å². The summed E-state index contributed by atoms with van der Waals surface area (Å²) in [4.78, 5) is 25.0. The molecule has 152 valence electrons. The fourth-order valence-corrected chi connectivity index (χ4v) is 2.85. The Kier molecular flexibility index (Phi) is 6.22. The SMILES string of the molecule is COc1ccccc1-c1coc2cc(OC(C)C(=O)OCC(C)C)ccc2c1=O. The third-order valence-corrected chi connectivity index (χ3v) is 4.35. The van der Waals surface area contributed by atoms with Gasteiger partial charge in [0.1, 0.15) is 23.3 Å². The predicted molar refractivity (Wildman–Crippen MR) is 110 cm³/mol. The van der Waals surface area contributed by atoms with Crippen molar-refractivity contribution in [2.24, 2.45) is 5.92 Å². The molecule has 0 aliphatic heterocycles. The van der Waals surface area contributed by atoms with Crippen LogP contribution in [0.4, 0.5) is 0 Å². The summed E-state index contributed by atoms with van der Waals surface area (Å²) in [6.45, 7) is 5.88. The molecular weight excluding hydrogens is 372 g/mol. The highest BCUT2D eigenvalue weighted by Crippen LogP contribution is 2.29. The van der Waals surface area contributed by atoms with Gasteiger partial charge in [0.25, 0.3) is 0 Å². The molecule has 0 amide bonds. The Hall–Kier alpha value is -3.28. The van der Waals surface area contributed by atoms with Gasteiger partial charge in [0.2, 0.25) is 5.43 Å². The molecule has 1 atom stereocenters. The van der Waals surface area contributed by atoms with Crippen LogP contribution >= 0.6 is 0 Å². The highest BCUT2D eigenvalue weighted by Gasteiger charge is 2.18. The normalized spacial score (nSPS) is 12.0. The van der Waals surface area contributed by atoms with Crippen LogP contribution in [0.15, 0.2) is 57.9 Å². The molecule has 0 radical (unpaired) electrons. The molecule has 3 rings (SSSR count). The highest BCUT2D eigenvalue weighted by molar-refractivity contribution is 5.84. The van der Waals surface area contributed by atoms with Gasteiger partial charge in [0.05, 0.1) is 24.7 Å². The van der Waals surface area contributed by atoms with Gasteiger partial charge in [-0.3, -0.25) is 4.79 Å². The first-order valence-electron chi connectivity index (χ1n) is 9.43. The predicted octanol–water partition coefficient (Wildman–Crippen LogP) is 4.44. The lowest BCUT2D eigenvalue weighted by Gasteiger charge is -2.15. The van der Waals surface area contributed by atoms with Gasteiger partial charge < -0.3 is 18.6 Å². The largest absolute Gasteiger partial charge is 0.496 e. The van der Waals surface area contributed by atoms with Gasteiger partial charge in [-0.15, -0.1) is 0 Å². The summed E-state index contributed by atoms with van der Waals surface area (Å²) in [5.41, 5.74) is 1.27. The third kappa shape index (κ3) is 4.59. The number of hydrogen-bond acceptors (Lipinski definition) is 6. The van der Waals surface area contributed by atoms with Gasteiger partial charge in [0, 0.05) is 11.6 Å². The van der Waals surface area contributed by atoms with Crippen molar-refractivity contribution in [3.8, 4) is 22.6 Å². The van der Waals surface area contributed by atoms with Gasteiger partial charge in [-0.1, -0.05) is 32.0 Å². The average Bonchev–Trinajstić information content (AvgIpc) is 2.72. The lowest BCUT2D eigenvalue weighted by atomic mass is 10.0. The molecule has 0 bridgehead atoms. The Morgan fingerprint density at radius 3 is 2.55 bits per heavy atom. The van der Waals surface area contributed by atoms with Crippen LogP contribution in [0.5, 0.6) is 11.5 Å². The minimum Gasteiger partial charge on any atom is -0.496 e. The molecule has 6 nitrogen and oxygen atoms in total. The summed E-state index contributed by atoms with van der Waals surface area (Å²) in [5.74, 6) is 0.817. The van der Waals surface area contributed by atoms with Crippen LogP contribution in [0, 0.1) is 5.92 Å². The molecule has 0 aliphatic carbocycles. The van der Waals surface area contributed by atoms with Crippen LogP contribution in [-0.4, -0.2) is 25.8 Å². The Labute approximate surface area is 169 Å². The van der Waals surface area contributed by atoms with Crippen LogP contribution in [0.25, 0.3) is 22.1 Å². The maximum Gasteiger partial charge on any atom is 0.347 e. The van der Waals surface area contributed by atoms with E-state index >= 15 is 0 Å². The van der Waals surface area contributed by atoms with E-state index in [4.69, 9.17) is 18.6 Å². The molecule has 29 heavy (non-hydrogen) atoms. The molecule has 0 N–H and O–H groups in total. The number of ether oxygens (including phenoxy) is 3. The van der Waals surface area contributed by atoms with Gasteiger partial charge in [-0.2, -0.15) is 0 Å². The summed E-state index contributed by atoms with van der Waals surface area (Å²) in [5, 5.41) is 0.413. The number of esters is 1. The van der Waals surface area contributed by atoms with Crippen LogP contribution < -0.4 is 14.9 Å². The van der Waals surface area contributed by atoms with Gasteiger partial charge >= 0.3 is 5.97 Å². The van der Waals surface area contributed by atoms with Gasteiger partial charge in [0.15, 0.2) is 6.10 Å². The minimum absolute atomic E-state index is 0.174. The minimum atomic E-state index is -0.772. The van der Waals surface area contributed by atoms with Crippen molar-refractivity contribution >= 4 is 16.9 Å². The first kappa shape index (κ1) is 20.5. The molecule has 0 saturated heterocycles. The number of benzene rings is 2. The van der Waals surface area contributed by atoms with E-state index in [1.807, 2.05) is 26.0 Å². The van der Waals surface area contributed by atoms with E-state index in [1.54, 1.807) is 44.4 Å². The number of hydrogen-bond donors (Lipinski definition) is 0. The molecular formula is C23H24O6. The molecule has 0 saturated carbocycles. The number of fused-ring (bicyclic) bond motifs is 1. The second-order valence-corrected chi connectivity index (χ2v) is 7.12. The van der Waals surface area contributed by atoms with Gasteiger partial charge in [-0.25, -0.2) is 4.79 Å². The molecule has 0 spiro atoms. The second kappa shape index (κ2) is 8.82. The van der Waals surface area contributed by atoms with Crippen molar-refractivity contribution < 1.29 is 23.4 Å². The van der Waals surface area contributed by atoms with Crippen molar-refractivity contribution in [1.29, 1.82) is 0 Å². The standard InChI is InChI=1S/C23H24O6/c1-14(2)12-28-23(25)15(3)29-16-9-10-18-21(11-16)27-13-19(22(18)24)17-7-5-6-8-20(17)26-4/h5-11,13-15H,12H2,1-4H3. The third-order valence-electron chi connectivity index (χ3n) is 4.35. The quantitative estimate of drug-likeness (QED) is 0.550. The average molecular weight is 396 g/mol. The molecule has 1 aromatic heterocycles. The zero-order valence-corrected chi connectivity index (χ0v) is 16.9. The number of carbonyl (C=O) groups excluding carboxylic acids is 1. The van der Waals surface area contributed by atoms with Crippen molar-refractivity contribution in [3.63, 3.8) is 0 Å². The summed E-state index contributed by atoms with van der Waals surface area (Å²) >= 11 is 0. The van der Waals surface area contributed by atoms with Crippen LogP contribution in [0.3, 0.4) is 0 Å². The van der Waals surface area contributed by atoms with E-state index in [2.05, 4.69) is 0 Å². The molecule has 0 aliphatic rings. The Morgan fingerprint density at radius 1 is 1.07 bits per heavy atom. The van der Waals surface area contributed by atoms with Crippen molar-refractivity contribution in [1.82, 2.24) is 0 Å². The van der Waals surface area contributed by atoms with Crippen LogP contribution in [0.2, 0.25) is 0 Å². The van der Waals surface area contributed by atoms with Crippen LogP contribution in [-0.2, 0) is 9.53 Å². The fraction of sp³-hybridized carbons (Fsp3) is 0.304. The smallest absolute Gasteiger partial charge is 0.347 e. The number of methoxy groups -OCH3 is 1. The zero-order chi connectivity index (χ0) is 21.0. The van der Waals surface area contributed by atoms with Crippen molar-refractivity contribution in [2.45, 2.75) is 26.9 Å². The topological polar surface area (TPSA) is 75.0 Å². The molecule has 3 aromatic rings. The lowest BCUT2D eigenvalue weighted by Crippen LogP contribution is -2.27. The number of carbonyl (C=O) groups is 1. The summed E-state index contributed by atoms with van der Waals surface area (Å²) in [6.07, 6.45) is 0.637. The molecule has 0 fully saturated rings. The summed E-state index contributed by atoms with van der Waals surface area (Å²) in [7, 11) is 1.55. The Morgan fingerprint density at radius 2 is 1.83 bits per heavy atom. The van der Waals surface area contributed by atoms with Crippen molar-refractivity contribution in [3.05, 3.63) is 59.0 Å². The monoisotopic (exact) mass is 396 g/mol. The van der Waals surface area contributed by atoms with E-state index in [-0.39, 0.29) is 11.3 Å². The summed E-state index contributed by atoms with van der Waals surface area (Å²) in [6, 6.07) is 12.1. The maximum atomic E-state index is 13.0. The molecule has 1 heterocycles. The van der Waals surface area contributed by atoms with Gasteiger partial charge in [-0.05, 0) is 31.0 Å². The molecule has 1 unspecified atom stereocenters. The number of para-hydroxylation sites is 1. The Balaban J connectivity index is 1.87. The highest BCUT2D eigenvalue weighted by atomic mass is 16.6. The second-order valence-electron chi connectivity index (χ2n) is 7.12. The van der Waals surface area contributed by atoms with Crippen molar-refractivity contribution in [2.75, 3.05) is 13.7 Å². The Bertz CT molecular complexity index is 1070. The van der Waals surface area contributed by atoms with E-state index in [0.717, 1.165) is 0 Å². The maximum absolute atomic E-state index is 13.0. The molecule has 6 heteroatoms. The van der Waals surface area contributed by atoms with E-state index < -0.39 is 12.1 Å². The first-order valence-corrected chi connectivity index (χ1v) is 9.43. The summed E-state index contributed by atoms with van der Waals surface area (Å²) < 4.78 is 21.9. The lowest BCUT2D eigenvalue weighted by molar-refractivity contribution is -0.152. The van der Waals surface area contributed by atoms with Crippen LogP contribution in [0.1, 0.15) is 20.8 Å². The first-order chi connectivity index (χ1) is 13.9. The zero-order valence-electron chi connectivity index (χ0n) is 16.9. The number of rotatable bonds is 7.